The number of pyridine rings is 1. The SMILES string of the molecule is CC(=O)c1cn2cc[nH]c2cc1=O. The third-order valence-electron chi connectivity index (χ3n) is 1.93. The first-order valence-electron chi connectivity index (χ1n) is 3.89. The Kier molecular flexibility index (Phi) is 1.55. The molecule has 4 nitrogen and oxygen atoms in total. The summed E-state index contributed by atoms with van der Waals surface area (Å²) in [5.74, 6) is -0.208. The van der Waals surface area contributed by atoms with Crippen LogP contribution in [0.5, 0.6) is 0 Å². The molecule has 0 radical (unpaired) electrons. The summed E-state index contributed by atoms with van der Waals surface area (Å²) < 4.78 is 1.71. The van der Waals surface area contributed by atoms with Crippen molar-refractivity contribution in [2.45, 2.75) is 6.92 Å². The maximum absolute atomic E-state index is 11.3. The maximum Gasteiger partial charge on any atom is 0.194 e. The summed E-state index contributed by atoms with van der Waals surface area (Å²) in [5, 5.41) is 0. The molecule has 0 bridgehead atoms. The second kappa shape index (κ2) is 2.58. The zero-order valence-electron chi connectivity index (χ0n) is 7.07. The van der Waals surface area contributed by atoms with E-state index >= 15 is 0 Å². The van der Waals surface area contributed by atoms with E-state index in [4.69, 9.17) is 0 Å². The summed E-state index contributed by atoms with van der Waals surface area (Å²) in [5.41, 5.74) is 0.669. The van der Waals surface area contributed by atoms with Gasteiger partial charge in [0, 0.05) is 24.7 Å². The number of carbonyl (C=O) groups is 1. The summed E-state index contributed by atoms with van der Waals surface area (Å²) in [6, 6.07) is 1.41. The summed E-state index contributed by atoms with van der Waals surface area (Å²) >= 11 is 0. The molecule has 0 fully saturated rings. The van der Waals surface area contributed by atoms with Crippen molar-refractivity contribution in [2.24, 2.45) is 0 Å². The van der Waals surface area contributed by atoms with Crippen molar-refractivity contribution < 1.29 is 4.79 Å². The number of fused-ring (bicyclic) bond motifs is 1. The molecular formula is C9H8N2O2. The van der Waals surface area contributed by atoms with E-state index in [9.17, 15) is 9.59 Å². The van der Waals surface area contributed by atoms with E-state index in [1.807, 2.05) is 0 Å². The smallest absolute Gasteiger partial charge is 0.194 e. The third kappa shape index (κ3) is 1.16. The van der Waals surface area contributed by atoms with Crippen LogP contribution in [-0.2, 0) is 0 Å². The minimum absolute atomic E-state index is 0.208. The highest BCUT2D eigenvalue weighted by molar-refractivity contribution is 5.93. The van der Waals surface area contributed by atoms with Gasteiger partial charge in [-0.1, -0.05) is 0 Å². The Morgan fingerprint density at radius 1 is 1.54 bits per heavy atom. The van der Waals surface area contributed by atoms with Gasteiger partial charge in [0.05, 0.1) is 5.56 Å². The Balaban J connectivity index is 2.84. The lowest BCUT2D eigenvalue weighted by molar-refractivity contribution is 0.101. The van der Waals surface area contributed by atoms with Crippen LogP contribution in [0.1, 0.15) is 17.3 Å². The van der Waals surface area contributed by atoms with Gasteiger partial charge in [0.25, 0.3) is 0 Å². The van der Waals surface area contributed by atoms with E-state index in [1.54, 1.807) is 16.8 Å². The number of hydrogen-bond acceptors (Lipinski definition) is 2. The average Bonchev–Trinajstić information content (AvgIpc) is 2.48. The standard InChI is InChI=1S/C9H8N2O2/c1-6(12)7-5-11-3-2-10-9(11)4-8(7)13/h2-5,10H,1H3. The van der Waals surface area contributed by atoms with Crippen molar-refractivity contribution in [3.63, 3.8) is 0 Å². The monoisotopic (exact) mass is 176 g/mol. The van der Waals surface area contributed by atoms with Crippen molar-refractivity contribution in [1.82, 2.24) is 9.38 Å². The molecule has 0 atom stereocenters. The van der Waals surface area contributed by atoms with Crippen LogP contribution in [0, 0.1) is 0 Å². The fraction of sp³-hybridized carbons (Fsp3) is 0.111. The van der Waals surface area contributed by atoms with Gasteiger partial charge in [-0.05, 0) is 6.92 Å². The van der Waals surface area contributed by atoms with Crippen LogP contribution < -0.4 is 5.43 Å². The summed E-state index contributed by atoms with van der Waals surface area (Å²) in [6.45, 7) is 1.38. The second-order valence-electron chi connectivity index (χ2n) is 2.86. The molecule has 4 heteroatoms. The van der Waals surface area contributed by atoms with Gasteiger partial charge in [-0.3, -0.25) is 9.59 Å². The van der Waals surface area contributed by atoms with Gasteiger partial charge in [0.1, 0.15) is 5.65 Å². The molecule has 0 aliphatic carbocycles. The number of Topliss-reactive ketones (excluding diaryl/α,β-unsaturated/α-hetero) is 1. The van der Waals surface area contributed by atoms with Crippen molar-refractivity contribution >= 4 is 11.4 Å². The van der Waals surface area contributed by atoms with Gasteiger partial charge in [0.2, 0.25) is 0 Å². The van der Waals surface area contributed by atoms with E-state index in [2.05, 4.69) is 4.98 Å². The van der Waals surface area contributed by atoms with Crippen molar-refractivity contribution in [3.05, 3.63) is 40.4 Å². The Labute approximate surface area is 73.8 Å². The number of aromatic nitrogens is 2. The van der Waals surface area contributed by atoms with Gasteiger partial charge in [0.15, 0.2) is 11.2 Å². The van der Waals surface area contributed by atoms with Gasteiger partial charge in [-0.25, -0.2) is 0 Å². The highest BCUT2D eigenvalue weighted by atomic mass is 16.1. The fourth-order valence-electron chi connectivity index (χ4n) is 1.26. The molecule has 0 amide bonds. The predicted molar refractivity (Wildman–Crippen MR) is 48.0 cm³/mol. The number of nitrogens with zero attached hydrogens (tertiary/aromatic N) is 1. The fourth-order valence-corrected chi connectivity index (χ4v) is 1.26. The van der Waals surface area contributed by atoms with Crippen LogP contribution in [0.2, 0.25) is 0 Å². The topological polar surface area (TPSA) is 54.3 Å². The zero-order chi connectivity index (χ0) is 9.42. The third-order valence-corrected chi connectivity index (χ3v) is 1.93. The van der Waals surface area contributed by atoms with Crippen molar-refractivity contribution in [3.8, 4) is 0 Å². The van der Waals surface area contributed by atoms with Gasteiger partial charge in [-0.15, -0.1) is 0 Å². The summed E-state index contributed by atoms with van der Waals surface area (Å²) in [7, 11) is 0. The number of nitrogens with one attached hydrogen (secondary N) is 1. The van der Waals surface area contributed by atoms with E-state index in [0.29, 0.717) is 5.65 Å². The molecule has 2 heterocycles. The Bertz CT molecular complexity index is 522. The van der Waals surface area contributed by atoms with Crippen molar-refractivity contribution in [2.75, 3.05) is 0 Å². The molecule has 0 aliphatic heterocycles. The number of rotatable bonds is 1. The highest BCUT2D eigenvalue weighted by Crippen LogP contribution is 1.99. The van der Waals surface area contributed by atoms with Crippen LogP contribution in [0.4, 0.5) is 0 Å². The first-order valence-corrected chi connectivity index (χ1v) is 3.89. The van der Waals surface area contributed by atoms with Crippen LogP contribution in [0.3, 0.4) is 0 Å². The van der Waals surface area contributed by atoms with Gasteiger partial charge < -0.3 is 9.38 Å². The number of aromatic amines is 1. The zero-order valence-corrected chi connectivity index (χ0v) is 7.07. The highest BCUT2D eigenvalue weighted by Gasteiger charge is 2.05. The number of hydrogen-bond donors (Lipinski definition) is 1. The molecular weight excluding hydrogens is 168 g/mol. The normalized spacial score (nSPS) is 10.5. The van der Waals surface area contributed by atoms with Crippen LogP contribution >= 0.6 is 0 Å². The predicted octanol–water partition coefficient (Wildman–Crippen LogP) is 0.830. The molecule has 0 saturated heterocycles. The first kappa shape index (κ1) is 7.79. The number of carbonyl (C=O) groups excluding carboxylic acids is 1. The van der Waals surface area contributed by atoms with Crippen LogP contribution in [0.25, 0.3) is 5.65 Å². The lowest BCUT2D eigenvalue weighted by Crippen LogP contribution is -2.12. The number of H-pyrrole nitrogens is 1. The first-order chi connectivity index (χ1) is 6.18. The van der Waals surface area contributed by atoms with Crippen molar-refractivity contribution in [1.29, 1.82) is 0 Å². The van der Waals surface area contributed by atoms with Gasteiger partial charge >= 0.3 is 0 Å². The minimum Gasteiger partial charge on any atom is -0.346 e. The lowest BCUT2D eigenvalue weighted by Gasteiger charge is -1.95. The quantitative estimate of drug-likeness (QED) is 0.654. The average molecular weight is 176 g/mol. The summed E-state index contributed by atoms with van der Waals surface area (Å²) in [6.07, 6.45) is 5.00. The lowest BCUT2D eigenvalue weighted by atomic mass is 10.2. The number of ketones is 1. The molecule has 2 rings (SSSR count). The van der Waals surface area contributed by atoms with E-state index in [-0.39, 0.29) is 16.8 Å². The maximum atomic E-state index is 11.3. The van der Waals surface area contributed by atoms with E-state index in [1.165, 1.54) is 19.2 Å². The van der Waals surface area contributed by atoms with Crippen LogP contribution in [0.15, 0.2) is 29.5 Å². The molecule has 0 aromatic carbocycles. The molecule has 0 spiro atoms. The molecule has 2 aromatic heterocycles. The molecule has 0 saturated carbocycles. The Morgan fingerprint density at radius 2 is 2.31 bits per heavy atom. The molecule has 1 N–H and O–H groups in total. The largest absolute Gasteiger partial charge is 0.346 e. The van der Waals surface area contributed by atoms with Crippen LogP contribution in [-0.4, -0.2) is 15.2 Å². The van der Waals surface area contributed by atoms with Gasteiger partial charge in [-0.2, -0.15) is 0 Å². The number of imidazole rings is 1. The second-order valence-corrected chi connectivity index (χ2v) is 2.86. The summed E-state index contributed by atoms with van der Waals surface area (Å²) in [4.78, 5) is 25.2. The van der Waals surface area contributed by atoms with E-state index < -0.39 is 0 Å². The minimum atomic E-state index is -0.241. The van der Waals surface area contributed by atoms with E-state index in [0.717, 1.165) is 0 Å². The molecule has 13 heavy (non-hydrogen) atoms. The molecule has 2 aromatic rings. The molecule has 66 valence electrons. The Hall–Kier alpha value is -1.84. The molecule has 0 unspecified atom stereocenters. The Morgan fingerprint density at radius 3 is 3.00 bits per heavy atom. The molecule has 0 aliphatic rings.